The standard InChI is InChI=1S/C15H25N3O2/c1-14(2,3)18-10-9-16-12(13(18)19)17(4)11-15(20)7-5-6-8-15/h9-10,20H,5-8,11H2,1-4H3. The highest BCUT2D eigenvalue weighted by Gasteiger charge is 2.33. The molecule has 112 valence electrons. The SMILES string of the molecule is CN(CC1(O)CCCC1)c1nccn(C(C)(C)C)c1=O. The van der Waals surface area contributed by atoms with Crippen LogP contribution < -0.4 is 10.5 Å². The second-order valence-electron chi connectivity index (χ2n) is 6.88. The van der Waals surface area contributed by atoms with Gasteiger partial charge in [-0.25, -0.2) is 4.98 Å². The molecule has 0 atom stereocenters. The topological polar surface area (TPSA) is 58.4 Å². The number of anilines is 1. The molecule has 1 fully saturated rings. The maximum atomic E-state index is 12.5. The van der Waals surface area contributed by atoms with Crippen molar-refractivity contribution in [2.45, 2.75) is 57.6 Å². The fourth-order valence-electron chi connectivity index (χ4n) is 2.90. The Morgan fingerprint density at radius 3 is 2.55 bits per heavy atom. The first kappa shape index (κ1) is 15.0. The molecule has 0 aliphatic heterocycles. The Hall–Kier alpha value is -1.36. The number of hydrogen-bond acceptors (Lipinski definition) is 4. The van der Waals surface area contributed by atoms with E-state index >= 15 is 0 Å². The van der Waals surface area contributed by atoms with Crippen LogP contribution >= 0.6 is 0 Å². The first-order valence-corrected chi connectivity index (χ1v) is 7.25. The molecule has 5 nitrogen and oxygen atoms in total. The van der Waals surface area contributed by atoms with E-state index in [0.717, 1.165) is 25.7 Å². The molecule has 2 rings (SSSR count). The Kier molecular flexibility index (Phi) is 3.91. The van der Waals surface area contributed by atoms with E-state index in [0.29, 0.717) is 12.4 Å². The molecule has 1 aromatic heterocycles. The zero-order valence-corrected chi connectivity index (χ0v) is 12.9. The second-order valence-corrected chi connectivity index (χ2v) is 6.88. The van der Waals surface area contributed by atoms with Gasteiger partial charge in [-0.05, 0) is 33.6 Å². The predicted octanol–water partition coefficient (Wildman–Crippen LogP) is 1.74. The van der Waals surface area contributed by atoms with Crippen molar-refractivity contribution < 1.29 is 5.11 Å². The van der Waals surface area contributed by atoms with Crippen molar-refractivity contribution in [3.63, 3.8) is 0 Å². The van der Waals surface area contributed by atoms with Crippen LogP contribution in [0.4, 0.5) is 5.82 Å². The van der Waals surface area contributed by atoms with E-state index in [1.165, 1.54) is 0 Å². The van der Waals surface area contributed by atoms with Gasteiger partial charge in [-0.3, -0.25) is 4.79 Å². The van der Waals surface area contributed by atoms with Gasteiger partial charge in [-0.1, -0.05) is 12.8 Å². The zero-order chi connectivity index (χ0) is 15.0. The molecule has 1 aliphatic carbocycles. The van der Waals surface area contributed by atoms with Crippen molar-refractivity contribution in [2.24, 2.45) is 0 Å². The minimum atomic E-state index is -0.675. The maximum absolute atomic E-state index is 12.5. The van der Waals surface area contributed by atoms with Crippen LogP contribution in [0.5, 0.6) is 0 Å². The van der Waals surface area contributed by atoms with Gasteiger partial charge in [0, 0.05) is 31.5 Å². The van der Waals surface area contributed by atoms with Gasteiger partial charge in [-0.2, -0.15) is 0 Å². The van der Waals surface area contributed by atoms with Crippen molar-refractivity contribution in [3.05, 3.63) is 22.7 Å². The Morgan fingerprint density at radius 1 is 1.40 bits per heavy atom. The van der Waals surface area contributed by atoms with Gasteiger partial charge in [0.15, 0.2) is 5.82 Å². The van der Waals surface area contributed by atoms with Crippen molar-refractivity contribution in [2.75, 3.05) is 18.5 Å². The summed E-state index contributed by atoms with van der Waals surface area (Å²) in [5.74, 6) is 0.405. The molecule has 1 aliphatic rings. The Balaban J connectivity index is 2.27. The molecule has 1 aromatic rings. The lowest BCUT2D eigenvalue weighted by molar-refractivity contribution is 0.0557. The maximum Gasteiger partial charge on any atom is 0.293 e. The summed E-state index contributed by atoms with van der Waals surface area (Å²) in [6.45, 7) is 6.43. The predicted molar refractivity (Wildman–Crippen MR) is 80.2 cm³/mol. The summed E-state index contributed by atoms with van der Waals surface area (Å²) >= 11 is 0. The third-order valence-corrected chi connectivity index (χ3v) is 3.97. The molecular weight excluding hydrogens is 254 g/mol. The highest BCUT2D eigenvalue weighted by molar-refractivity contribution is 5.35. The monoisotopic (exact) mass is 279 g/mol. The molecule has 0 spiro atoms. The third kappa shape index (κ3) is 3.03. The Morgan fingerprint density at radius 2 is 2.00 bits per heavy atom. The molecule has 1 saturated carbocycles. The lowest BCUT2D eigenvalue weighted by Gasteiger charge is -2.30. The average molecular weight is 279 g/mol. The minimum absolute atomic E-state index is 0.107. The van der Waals surface area contributed by atoms with Gasteiger partial charge in [0.2, 0.25) is 0 Å². The first-order chi connectivity index (χ1) is 9.23. The van der Waals surface area contributed by atoms with Crippen LogP contribution in [0.15, 0.2) is 17.2 Å². The Labute approximate surface area is 120 Å². The van der Waals surface area contributed by atoms with E-state index in [-0.39, 0.29) is 11.1 Å². The molecule has 0 saturated heterocycles. The summed E-state index contributed by atoms with van der Waals surface area (Å²) in [6, 6.07) is 0. The molecule has 0 aromatic carbocycles. The number of aromatic nitrogens is 2. The van der Waals surface area contributed by atoms with Gasteiger partial charge in [0.1, 0.15) is 0 Å². The zero-order valence-electron chi connectivity index (χ0n) is 12.9. The summed E-state index contributed by atoms with van der Waals surface area (Å²) < 4.78 is 1.69. The average Bonchev–Trinajstić information content (AvgIpc) is 2.74. The van der Waals surface area contributed by atoms with Crippen LogP contribution in [-0.4, -0.2) is 33.9 Å². The number of rotatable bonds is 3. The van der Waals surface area contributed by atoms with E-state index in [9.17, 15) is 9.90 Å². The highest BCUT2D eigenvalue weighted by Crippen LogP contribution is 2.30. The number of nitrogens with zero attached hydrogens (tertiary/aromatic N) is 3. The molecular formula is C15H25N3O2. The summed E-state index contributed by atoms with van der Waals surface area (Å²) in [5.41, 5.74) is -1.06. The molecule has 0 unspecified atom stereocenters. The van der Waals surface area contributed by atoms with Gasteiger partial charge in [-0.15, -0.1) is 0 Å². The third-order valence-electron chi connectivity index (χ3n) is 3.97. The molecule has 1 heterocycles. The van der Waals surface area contributed by atoms with Crippen molar-refractivity contribution in [1.82, 2.24) is 9.55 Å². The van der Waals surface area contributed by atoms with Crippen LogP contribution in [0, 0.1) is 0 Å². The Bertz CT molecular complexity index is 525. The molecule has 0 bridgehead atoms. The normalized spacial score (nSPS) is 18.2. The van der Waals surface area contributed by atoms with Crippen LogP contribution in [0.2, 0.25) is 0 Å². The van der Waals surface area contributed by atoms with E-state index in [2.05, 4.69) is 4.98 Å². The number of likely N-dealkylation sites (N-methyl/N-ethyl adjacent to an activating group) is 1. The second kappa shape index (κ2) is 5.20. The largest absolute Gasteiger partial charge is 0.388 e. The number of aliphatic hydroxyl groups is 1. The molecule has 1 N–H and O–H groups in total. The summed E-state index contributed by atoms with van der Waals surface area (Å²) in [7, 11) is 1.83. The smallest absolute Gasteiger partial charge is 0.293 e. The molecule has 20 heavy (non-hydrogen) atoms. The van der Waals surface area contributed by atoms with E-state index in [1.807, 2.05) is 27.8 Å². The van der Waals surface area contributed by atoms with Crippen molar-refractivity contribution in [3.8, 4) is 0 Å². The van der Waals surface area contributed by atoms with Crippen LogP contribution in [0.1, 0.15) is 46.5 Å². The number of hydrogen-bond donors (Lipinski definition) is 1. The minimum Gasteiger partial charge on any atom is -0.388 e. The van der Waals surface area contributed by atoms with Crippen LogP contribution in [0.3, 0.4) is 0 Å². The summed E-state index contributed by atoms with van der Waals surface area (Å²) in [6.07, 6.45) is 7.08. The fraction of sp³-hybridized carbons (Fsp3) is 0.733. The van der Waals surface area contributed by atoms with Crippen LogP contribution in [-0.2, 0) is 5.54 Å². The van der Waals surface area contributed by atoms with Gasteiger partial charge in [0.05, 0.1) is 5.60 Å². The van der Waals surface area contributed by atoms with Gasteiger partial charge in [0.25, 0.3) is 5.56 Å². The lowest BCUT2D eigenvalue weighted by atomic mass is 10.0. The molecule has 0 amide bonds. The van der Waals surface area contributed by atoms with E-state index < -0.39 is 5.60 Å². The fourth-order valence-corrected chi connectivity index (χ4v) is 2.90. The molecule has 5 heteroatoms. The molecule has 0 radical (unpaired) electrons. The van der Waals surface area contributed by atoms with Crippen molar-refractivity contribution >= 4 is 5.82 Å². The first-order valence-electron chi connectivity index (χ1n) is 7.25. The van der Waals surface area contributed by atoms with E-state index in [4.69, 9.17) is 0 Å². The van der Waals surface area contributed by atoms with Gasteiger partial charge >= 0.3 is 0 Å². The van der Waals surface area contributed by atoms with Gasteiger partial charge < -0.3 is 14.6 Å². The van der Waals surface area contributed by atoms with Crippen LogP contribution in [0.25, 0.3) is 0 Å². The van der Waals surface area contributed by atoms with E-state index in [1.54, 1.807) is 21.9 Å². The summed E-state index contributed by atoms with van der Waals surface area (Å²) in [4.78, 5) is 18.5. The summed E-state index contributed by atoms with van der Waals surface area (Å²) in [5, 5.41) is 10.5. The quantitative estimate of drug-likeness (QED) is 0.915. The van der Waals surface area contributed by atoms with Crippen molar-refractivity contribution in [1.29, 1.82) is 0 Å². The highest BCUT2D eigenvalue weighted by atomic mass is 16.3. The lowest BCUT2D eigenvalue weighted by Crippen LogP contribution is -2.43.